The summed E-state index contributed by atoms with van der Waals surface area (Å²) in [6.45, 7) is 2.28. The van der Waals surface area contributed by atoms with E-state index in [4.69, 9.17) is 0 Å². The molecule has 19 heavy (non-hydrogen) atoms. The summed E-state index contributed by atoms with van der Waals surface area (Å²) in [5.74, 6) is -0.814. The molecule has 0 saturated carbocycles. The molecule has 0 bridgehead atoms. The van der Waals surface area contributed by atoms with Crippen LogP contribution in [-0.4, -0.2) is 0 Å². The molecule has 1 N–H and O–H groups in total. The van der Waals surface area contributed by atoms with Crippen LogP contribution in [0.25, 0.3) is 0 Å². The fourth-order valence-electron chi connectivity index (χ4n) is 1.81. The lowest BCUT2D eigenvalue weighted by molar-refractivity contribution is 0.535. The zero-order chi connectivity index (χ0) is 13.8. The van der Waals surface area contributed by atoms with E-state index in [0.29, 0.717) is 12.1 Å². The fourth-order valence-corrected chi connectivity index (χ4v) is 2.08. The first-order valence-corrected chi connectivity index (χ1v) is 6.78. The highest BCUT2D eigenvalue weighted by atomic mass is 79.9. The third-order valence-corrected chi connectivity index (χ3v) is 3.51. The van der Waals surface area contributed by atoms with Crippen molar-refractivity contribution in [1.82, 2.24) is 5.32 Å². The molecule has 0 unspecified atom stereocenters. The summed E-state index contributed by atoms with van der Waals surface area (Å²) in [7, 11) is 0. The molecule has 0 saturated heterocycles. The summed E-state index contributed by atoms with van der Waals surface area (Å²) in [6, 6.07) is 11.4. The molecule has 0 aliphatic heterocycles. The summed E-state index contributed by atoms with van der Waals surface area (Å²) in [6.07, 6.45) is 0. The van der Waals surface area contributed by atoms with Crippen LogP contribution >= 0.6 is 15.9 Å². The SMILES string of the molecule is C[C@@H](NCc1cc(F)ccc1F)c1ccc(Br)cc1. The topological polar surface area (TPSA) is 12.0 Å². The van der Waals surface area contributed by atoms with E-state index >= 15 is 0 Å². The summed E-state index contributed by atoms with van der Waals surface area (Å²) >= 11 is 3.38. The van der Waals surface area contributed by atoms with Crippen LogP contribution in [0.1, 0.15) is 24.1 Å². The van der Waals surface area contributed by atoms with Crippen molar-refractivity contribution in [1.29, 1.82) is 0 Å². The molecular weight excluding hydrogens is 312 g/mol. The molecule has 100 valence electrons. The molecular formula is C15H14BrF2N. The van der Waals surface area contributed by atoms with Crippen LogP contribution in [0.5, 0.6) is 0 Å². The Morgan fingerprint density at radius 2 is 1.79 bits per heavy atom. The molecule has 4 heteroatoms. The average Bonchev–Trinajstić information content (AvgIpc) is 2.40. The van der Waals surface area contributed by atoms with E-state index in [1.165, 1.54) is 6.07 Å². The van der Waals surface area contributed by atoms with Gasteiger partial charge in [0.05, 0.1) is 0 Å². The predicted molar refractivity (Wildman–Crippen MR) is 75.8 cm³/mol. The van der Waals surface area contributed by atoms with Gasteiger partial charge < -0.3 is 5.32 Å². The van der Waals surface area contributed by atoms with Gasteiger partial charge in [0.1, 0.15) is 11.6 Å². The third kappa shape index (κ3) is 3.85. The molecule has 0 spiro atoms. The maximum absolute atomic E-state index is 13.5. The van der Waals surface area contributed by atoms with Crippen LogP contribution in [0.4, 0.5) is 8.78 Å². The van der Waals surface area contributed by atoms with Crippen LogP contribution in [0.3, 0.4) is 0 Å². The Labute approximate surface area is 119 Å². The molecule has 1 nitrogen and oxygen atoms in total. The molecule has 0 heterocycles. The fraction of sp³-hybridized carbons (Fsp3) is 0.200. The van der Waals surface area contributed by atoms with Crippen molar-refractivity contribution in [3.63, 3.8) is 0 Å². The van der Waals surface area contributed by atoms with E-state index in [1.54, 1.807) is 0 Å². The van der Waals surface area contributed by atoms with Crippen molar-refractivity contribution in [2.75, 3.05) is 0 Å². The van der Waals surface area contributed by atoms with Gasteiger partial charge in [0.2, 0.25) is 0 Å². The van der Waals surface area contributed by atoms with Gasteiger partial charge in [0, 0.05) is 22.6 Å². The predicted octanol–water partition coefficient (Wildman–Crippen LogP) is 4.58. The molecule has 0 aliphatic rings. The van der Waals surface area contributed by atoms with Gasteiger partial charge in [-0.25, -0.2) is 8.78 Å². The molecule has 0 amide bonds. The standard InChI is InChI=1S/C15H14BrF2N/c1-10(11-2-4-13(16)5-3-11)19-9-12-8-14(17)6-7-15(12)18/h2-8,10,19H,9H2,1H3/t10-/m1/s1. The van der Waals surface area contributed by atoms with Gasteiger partial charge >= 0.3 is 0 Å². The quantitative estimate of drug-likeness (QED) is 0.867. The number of nitrogens with one attached hydrogen (secondary N) is 1. The van der Waals surface area contributed by atoms with E-state index in [1.807, 2.05) is 31.2 Å². The van der Waals surface area contributed by atoms with Crippen molar-refractivity contribution in [3.8, 4) is 0 Å². The second-order valence-electron chi connectivity index (χ2n) is 4.39. The number of hydrogen-bond acceptors (Lipinski definition) is 1. The minimum Gasteiger partial charge on any atom is -0.306 e. The third-order valence-electron chi connectivity index (χ3n) is 2.98. The van der Waals surface area contributed by atoms with Crippen LogP contribution < -0.4 is 5.32 Å². The Hall–Kier alpha value is -1.26. The van der Waals surface area contributed by atoms with Crippen LogP contribution in [0, 0.1) is 11.6 Å². The normalized spacial score (nSPS) is 12.4. The lowest BCUT2D eigenvalue weighted by Gasteiger charge is -2.14. The molecule has 2 aromatic rings. The zero-order valence-electron chi connectivity index (χ0n) is 10.5. The Kier molecular flexibility index (Phi) is 4.66. The average molecular weight is 326 g/mol. The van der Waals surface area contributed by atoms with Crippen LogP contribution in [0.15, 0.2) is 46.9 Å². The monoisotopic (exact) mass is 325 g/mol. The number of hydrogen-bond donors (Lipinski definition) is 1. The van der Waals surface area contributed by atoms with Gasteiger partial charge in [-0.3, -0.25) is 0 Å². The lowest BCUT2D eigenvalue weighted by atomic mass is 10.1. The zero-order valence-corrected chi connectivity index (χ0v) is 12.0. The van der Waals surface area contributed by atoms with Gasteiger partial charge in [0.15, 0.2) is 0 Å². The molecule has 0 fully saturated rings. The molecule has 0 radical (unpaired) electrons. The highest BCUT2D eigenvalue weighted by molar-refractivity contribution is 9.10. The second-order valence-corrected chi connectivity index (χ2v) is 5.31. The van der Waals surface area contributed by atoms with Crippen molar-refractivity contribution in [2.24, 2.45) is 0 Å². The Morgan fingerprint density at radius 3 is 2.47 bits per heavy atom. The Balaban J connectivity index is 2.02. The molecule has 2 aromatic carbocycles. The first kappa shape index (κ1) is 14.2. The first-order chi connectivity index (χ1) is 9.06. The van der Waals surface area contributed by atoms with E-state index in [2.05, 4.69) is 21.2 Å². The number of benzene rings is 2. The minimum atomic E-state index is -0.422. The highest BCUT2D eigenvalue weighted by Gasteiger charge is 2.08. The first-order valence-electron chi connectivity index (χ1n) is 5.99. The van der Waals surface area contributed by atoms with Gasteiger partial charge in [-0.1, -0.05) is 28.1 Å². The summed E-state index contributed by atoms with van der Waals surface area (Å²) in [5, 5.41) is 3.18. The summed E-state index contributed by atoms with van der Waals surface area (Å²) in [4.78, 5) is 0. The van der Waals surface area contributed by atoms with Crippen LogP contribution in [0.2, 0.25) is 0 Å². The number of rotatable bonds is 4. The van der Waals surface area contributed by atoms with Crippen molar-refractivity contribution in [2.45, 2.75) is 19.5 Å². The van der Waals surface area contributed by atoms with E-state index < -0.39 is 11.6 Å². The van der Waals surface area contributed by atoms with Crippen LogP contribution in [-0.2, 0) is 6.54 Å². The smallest absolute Gasteiger partial charge is 0.127 e. The summed E-state index contributed by atoms with van der Waals surface area (Å²) < 4.78 is 27.5. The van der Waals surface area contributed by atoms with E-state index in [0.717, 1.165) is 22.2 Å². The maximum atomic E-state index is 13.5. The van der Waals surface area contributed by atoms with Gasteiger partial charge in [-0.2, -0.15) is 0 Å². The summed E-state index contributed by atoms with van der Waals surface area (Å²) in [5.41, 5.74) is 1.43. The maximum Gasteiger partial charge on any atom is 0.127 e. The van der Waals surface area contributed by atoms with Gasteiger partial charge in [-0.15, -0.1) is 0 Å². The largest absolute Gasteiger partial charge is 0.306 e. The molecule has 0 aliphatic carbocycles. The lowest BCUT2D eigenvalue weighted by Crippen LogP contribution is -2.18. The van der Waals surface area contributed by atoms with Crippen molar-refractivity contribution < 1.29 is 8.78 Å². The van der Waals surface area contributed by atoms with E-state index in [9.17, 15) is 8.78 Å². The molecule has 1 atom stereocenters. The molecule has 0 aromatic heterocycles. The Morgan fingerprint density at radius 1 is 1.11 bits per heavy atom. The van der Waals surface area contributed by atoms with E-state index in [-0.39, 0.29) is 6.04 Å². The minimum absolute atomic E-state index is 0.0655. The number of halogens is 3. The Bertz CT molecular complexity index is 555. The highest BCUT2D eigenvalue weighted by Crippen LogP contribution is 2.17. The second kappa shape index (κ2) is 6.26. The molecule has 2 rings (SSSR count). The van der Waals surface area contributed by atoms with Crippen molar-refractivity contribution >= 4 is 15.9 Å². The van der Waals surface area contributed by atoms with Gasteiger partial charge in [-0.05, 0) is 42.8 Å². The van der Waals surface area contributed by atoms with Crippen molar-refractivity contribution in [3.05, 3.63) is 69.7 Å². The van der Waals surface area contributed by atoms with Gasteiger partial charge in [0.25, 0.3) is 0 Å².